The number of hydrogen-bond donors (Lipinski definition) is 2. The summed E-state index contributed by atoms with van der Waals surface area (Å²) in [6.45, 7) is 0.696. The molecule has 3 aromatic rings. The van der Waals surface area contributed by atoms with E-state index in [0.717, 1.165) is 61.2 Å². The number of nitrogens with zero attached hydrogens (tertiary/aromatic N) is 2. The van der Waals surface area contributed by atoms with E-state index in [9.17, 15) is 14.7 Å². The number of unbranched alkanes of at least 4 members (excludes halogenated alkanes) is 7. The highest BCUT2D eigenvalue weighted by Gasteiger charge is 2.19. The zero-order valence-corrected chi connectivity index (χ0v) is 22.5. The highest BCUT2D eigenvalue weighted by molar-refractivity contribution is 5.83. The summed E-state index contributed by atoms with van der Waals surface area (Å²) in [5, 5.41) is 20.5. The molecule has 7 heteroatoms. The molecule has 0 aliphatic carbocycles. The first kappa shape index (κ1) is 29.6. The summed E-state index contributed by atoms with van der Waals surface area (Å²) in [4.78, 5) is 23.7. The monoisotopic (exact) mass is 529 g/mol. The molecule has 0 aliphatic heterocycles. The maximum atomic E-state index is 12.2. The van der Waals surface area contributed by atoms with Crippen molar-refractivity contribution in [1.29, 1.82) is 0 Å². The molecule has 0 bridgehead atoms. The Morgan fingerprint density at radius 3 is 1.85 bits per heavy atom. The van der Waals surface area contributed by atoms with E-state index >= 15 is 0 Å². The molecule has 1 atom stereocenters. The number of ether oxygens (including phenoxy) is 1. The van der Waals surface area contributed by atoms with Gasteiger partial charge in [-0.1, -0.05) is 87.1 Å². The number of carboxylic acid groups (broad SMARTS) is 1. The number of benzene rings is 3. The number of carbonyl (C=O) groups is 2. The Morgan fingerprint density at radius 2 is 1.23 bits per heavy atom. The number of aliphatic carboxylic acids is 1. The minimum absolute atomic E-state index is 0.190. The Labute approximate surface area is 231 Å². The van der Waals surface area contributed by atoms with Crippen LogP contribution in [0.5, 0.6) is 5.75 Å². The summed E-state index contributed by atoms with van der Waals surface area (Å²) >= 11 is 0. The van der Waals surface area contributed by atoms with Crippen LogP contribution >= 0.6 is 0 Å². The van der Waals surface area contributed by atoms with Gasteiger partial charge in [0, 0.05) is 12.8 Å². The van der Waals surface area contributed by atoms with Crippen LogP contribution in [0, 0.1) is 0 Å². The van der Waals surface area contributed by atoms with Gasteiger partial charge >= 0.3 is 5.97 Å². The Hall–Kier alpha value is -4.00. The largest absolute Gasteiger partial charge is 0.494 e. The van der Waals surface area contributed by atoms with Crippen molar-refractivity contribution < 1.29 is 19.4 Å². The molecule has 0 heterocycles. The average molecular weight is 530 g/mol. The molecule has 0 unspecified atom stereocenters. The second-order valence-corrected chi connectivity index (χ2v) is 9.60. The average Bonchev–Trinajstić information content (AvgIpc) is 2.96. The van der Waals surface area contributed by atoms with Crippen molar-refractivity contribution >= 4 is 23.3 Å². The number of rotatable bonds is 18. The first-order valence-corrected chi connectivity index (χ1v) is 13.9. The SMILES string of the molecule is O=C(CCCCCCCCCCOc1ccc(N=Nc2ccccc2)cc1)N[C@@H](Cc1ccccc1)C(=O)O. The third-order valence-electron chi connectivity index (χ3n) is 6.36. The lowest BCUT2D eigenvalue weighted by Gasteiger charge is -2.14. The molecule has 39 heavy (non-hydrogen) atoms. The summed E-state index contributed by atoms with van der Waals surface area (Å²) in [5.74, 6) is -0.352. The number of azo groups is 1. The zero-order valence-electron chi connectivity index (χ0n) is 22.5. The Morgan fingerprint density at radius 1 is 0.692 bits per heavy atom. The van der Waals surface area contributed by atoms with Gasteiger partial charge in [-0.15, -0.1) is 0 Å². The topological polar surface area (TPSA) is 100 Å². The van der Waals surface area contributed by atoms with Crippen LogP contribution in [0.15, 0.2) is 95.2 Å². The van der Waals surface area contributed by atoms with Crippen molar-refractivity contribution in [2.75, 3.05) is 6.61 Å². The van der Waals surface area contributed by atoms with Gasteiger partial charge in [0.15, 0.2) is 0 Å². The van der Waals surface area contributed by atoms with Crippen molar-refractivity contribution in [1.82, 2.24) is 5.32 Å². The number of hydrogen-bond acceptors (Lipinski definition) is 5. The van der Waals surface area contributed by atoms with Gasteiger partial charge in [0.25, 0.3) is 0 Å². The van der Waals surface area contributed by atoms with E-state index in [-0.39, 0.29) is 5.91 Å². The van der Waals surface area contributed by atoms with Crippen molar-refractivity contribution in [2.45, 2.75) is 70.3 Å². The van der Waals surface area contributed by atoms with Crippen LogP contribution in [0.25, 0.3) is 0 Å². The van der Waals surface area contributed by atoms with Crippen LogP contribution in [0.2, 0.25) is 0 Å². The van der Waals surface area contributed by atoms with E-state index in [1.54, 1.807) is 0 Å². The lowest BCUT2D eigenvalue weighted by Crippen LogP contribution is -2.42. The second kappa shape index (κ2) is 17.5. The second-order valence-electron chi connectivity index (χ2n) is 9.60. The first-order valence-electron chi connectivity index (χ1n) is 13.9. The van der Waals surface area contributed by atoms with Crippen LogP contribution < -0.4 is 10.1 Å². The normalized spacial score (nSPS) is 11.8. The molecule has 0 radical (unpaired) electrons. The fourth-order valence-electron chi connectivity index (χ4n) is 4.17. The standard InChI is InChI=1S/C32H39N3O4/c36-31(33-30(32(37)38)25-26-15-9-7-10-16-26)19-13-5-3-1-2-4-6-14-24-39-29-22-20-28(21-23-29)35-34-27-17-11-8-12-18-27/h7-12,15-18,20-23,30H,1-6,13-14,19,24-25H2,(H,33,36)(H,37,38)/t30-/m0/s1. The van der Waals surface area contributed by atoms with Crippen molar-refractivity contribution in [3.8, 4) is 5.75 Å². The van der Waals surface area contributed by atoms with Crippen LogP contribution in [0.3, 0.4) is 0 Å². The molecule has 1 amide bonds. The first-order chi connectivity index (χ1) is 19.1. The molecule has 0 aliphatic rings. The lowest BCUT2D eigenvalue weighted by molar-refractivity contribution is -0.141. The molecule has 2 N–H and O–H groups in total. The highest BCUT2D eigenvalue weighted by Crippen LogP contribution is 2.21. The zero-order chi connectivity index (χ0) is 27.5. The molecule has 3 aromatic carbocycles. The number of nitrogens with one attached hydrogen (secondary N) is 1. The molecule has 7 nitrogen and oxygen atoms in total. The maximum Gasteiger partial charge on any atom is 0.326 e. The van der Waals surface area contributed by atoms with E-state index < -0.39 is 12.0 Å². The molecule has 0 spiro atoms. The smallest absolute Gasteiger partial charge is 0.326 e. The summed E-state index contributed by atoms with van der Waals surface area (Å²) in [6, 6.07) is 25.8. The molecule has 0 saturated carbocycles. The Kier molecular flexibility index (Phi) is 13.3. The van der Waals surface area contributed by atoms with Gasteiger partial charge < -0.3 is 15.2 Å². The number of carboxylic acids is 1. The minimum Gasteiger partial charge on any atom is -0.494 e. The fourth-order valence-corrected chi connectivity index (χ4v) is 4.17. The molecular formula is C32H39N3O4. The Bertz CT molecular complexity index is 1140. The van der Waals surface area contributed by atoms with Crippen molar-refractivity contribution in [3.63, 3.8) is 0 Å². The Balaban J connectivity index is 1.16. The van der Waals surface area contributed by atoms with E-state index in [1.807, 2.05) is 84.9 Å². The summed E-state index contributed by atoms with van der Waals surface area (Å²) in [7, 11) is 0. The van der Waals surface area contributed by atoms with Gasteiger partial charge in [0.05, 0.1) is 18.0 Å². The van der Waals surface area contributed by atoms with Gasteiger partial charge in [-0.05, 0) is 54.8 Å². The third kappa shape index (κ3) is 12.4. The van der Waals surface area contributed by atoms with Gasteiger partial charge in [0.2, 0.25) is 5.91 Å². The highest BCUT2D eigenvalue weighted by atomic mass is 16.5. The summed E-state index contributed by atoms with van der Waals surface area (Å²) in [5.41, 5.74) is 2.51. The third-order valence-corrected chi connectivity index (χ3v) is 6.36. The van der Waals surface area contributed by atoms with Crippen LogP contribution in [0.4, 0.5) is 11.4 Å². The van der Waals surface area contributed by atoms with Crippen LogP contribution in [0.1, 0.15) is 63.4 Å². The predicted molar refractivity (Wildman–Crippen MR) is 154 cm³/mol. The number of amides is 1. The van der Waals surface area contributed by atoms with Gasteiger partial charge in [-0.25, -0.2) is 4.79 Å². The maximum absolute atomic E-state index is 12.2. The van der Waals surface area contributed by atoms with Crippen LogP contribution in [-0.2, 0) is 16.0 Å². The van der Waals surface area contributed by atoms with E-state index in [0.29, 0.717) is 19.4 Å². The van der Waals surface area contributed by atoms with Crippen molar-refractivity contribution in [3.05, 3.63) is 90.5 Å². The van der Waals surface area contributed by atoms with E-state index in [1.165, 1.54) is 12.8 Å². The molecule has 0 saturated heterocycles. The molecule has 3 rings (SSSR count). The predicted octanol–water partition coefficient (Wildman–Crippen LogP) is 7.80. The summed E-state index contributed by atoms with van der Waals surface area (Å²) < 4.78 is 5.83. The van der Waals surface area contributed by atoms with Crippen molar-refractivity contribution in [2.24, 2.45) is 10.2 Å². The number of carbonyl (C=O) groups excluding carboxylic acids is 1. The van der Waals surface area contributed by atoms with Gasteiger partial charge in [-0.3, -0.25) is 4.79 Å². The summed E-state index contributed by atoms with van der Waals surface area (Å²) in [6.07, 6.45) is 9.14. The quantitative estimate of drug-likeness (QED) is 0.130. The molecular weight excluding hydrogens is 490 g/mol. The van der Waals surface area contributed by atoms with Crippen LogP contribution in [-0.4, -0.2) is 29.6 Å². The minimum atomic E-state index is -1.00. The van der Waals surface area contributed by atoms with Gasteiger partial charge in [0.1, 0.15) is 11.8 Å². The fraction of sp³-hybridized carbons (Fsp3) is 0.375. The lowest BCUT2D eigenvalue weighted by atomic mass is 10.0. The van der Waals surface area contributed by atoms with E-state index in [2.05, 4.69) is 15.5 Å². The molecule has 0 aromatic heterocycles. The van der Waals surface area contributed by atoms with Gasteiger partial charge in [-0.2, -0.15) is 10.2 Å². The molecule has 206 valence electrons. The molecule has 0 fully saturated rings. The van der Waals surface area contributed by atoms with E-state index in [4.69, 9.17) is 4.74 Å².